The Morgan fingerprint density at radius 1 is 0.721 bits per heavy atom. The normalized spacial score (nSPS) is 11.6. The predicted molar refractivity (Wildman–Crippen MR) is 165 cm³/mol. The molecule has 1 atom stereocenters. The fourth-order valence-corrected chi connectivity index (χ4v) is 5.48. The number of aromatic carboxylic acids is 1. The fourth-order valence-electron chi connectivity index (χ4n) is 5.09. The van der Waals surface area contributed by atoms with Gasteiger partial charge >= 0.3 is 5.97 Å². The molecule has 3 rings (SSSR count). The summed E-state index contributed by atoms with van der Waals surface area (Å²) in [4.78, 5) is 38.6. The average molecular weight is 611 g/mol. The minimum Gasteiger partial charge on any atom is -0.496 e. The molecular weight excluding hydrogens is 571 g/mol. The van der Waals surface area contributed by atoms with E-state index in [1.807, 2.05) is 20.8 Å². The van der Waals surface area contributed by atoms with Crippen molar-refractivity contribution < 1.29 is 43.0 Å². The van der Waals surface area contributed by atoms with Crippen molar-refractivity contribution in [2.45, 2.75) is 27.2 Å². The van der Waals surface area contributed by atoms with E-state index in [0.29, 0.717) is 41.1 Å². The molecule has 0 aromatic heterocycles. The highest BCUT2D eigenvalue weighted by atomic mass is 31.1. The van der Waals surface area contributed by atoms with E-state index in [4.69, 9.17) is 24.1 Å². The molecule has 43 heavy (non-hydrogen) atoms. The van der Waals surface area contributed by atoms with Gasteiger partial charge in [0, 0.05) is 6.16 Å². The molecule has 0 aliphatic carbocycles. The van der Waals surface area contributed by atoms with E-state index in [0.717, 1.165) is 0 Å². The number of carbonyl (C=O) groups is 3. The largest absolute Gasteiger partial charge is 0.496 e. The number of hydrogen-bond donors (Lipinski definition) is 1. The summed E-state index contributed by atoms with van der Waals surface area (Å²) in [5.41, 5.74) is -0.0852. The van der Waals surface area contributed by atoms with Gasteiger partial charge in [-0.05, 0) is 54.2 Å². The molecule has 3 aromatic rings. The summed E-state index contributed by atoms with van der Waals surface area (Å²) in [7, 11) is 5.88. The first-order valence-corrected chi connectivity index (χ1v) is 14.5. The van der Waals surface area contributed by atoms with Gasteiger partial charge in [0.2, 0.25) is 0 Å². The van der Waals surface area contributed by atoms with Crippen LogP contribution in [0.5, 0.6) is 23.0 Å². The number of Topliss-reactive ketones (excluding diaryl/α,β-unsaturated/α-hetero) is 2. The van der Waals surface area contributed by atoms with Gasteiger partial charge in [0.25, 0.3) is 0 Å². The first-order chi connectivity index (χ1) is 20.5. The van der Waals surface area contributed by atoms with E-state index in [2.05, 4.69) is 0 Å². The Morgan fingerprint density at radius 2 is 1.12 bits per heavy atom. The van der Waals surface area contributed by atoms with Gasteiger partial charge < -0.3 is 24.1 Å². The lowest BCUT2D eigenvalue weighted by Gasteiger charge is -2.35. The Morgan fingerprint density at radius 3 is 1.42 bits per heavy atom. The Hall–Kier alpha value is -4.23. The molecule has 3 aromatic carbocycles. The lowest BCUT2D eigenvalue weighted by Crippen LogP contribution is -2.39. The molecule has 230 valence electrons. The van der Waals surface area contributed by atoms with Gasteiger partial charge in [0.15, 0.2) is 20.0 Å². The Kier molecular flexibility index (Phi) is 13.4. The second-order valence-electron chi connectivity index (χ2n) is 10.5. The molecule has 1 N–H and O–H groups in total. The summed E-state index contributed by atoms with van der Waals surface area (Å²) >= 11 is 0. The van der Waals surface area contributed by atoms with Crippen LogP contribution in [0.15, 0.2) is 66.7 Å². The third-order valence-electron chi connectivity index (χ3n) is 6.94. The van der Waals surface area contributed by atoms with Crippen LogP contribution in [0.2, 0.25) is 0 Å². The summed E-state index contributed by atoms with van der Waals surface area (Å²) in [6.07, 6.45) is 0.911. The molecule has 0 amide bonds. The number of ketones is 2. The summed E-state index contributed by atoms with van der Waals surface area (Å²) < 4.78 is 33.1. The highest BCUT2D eigenvalue weighted by Crippen LogP contribution is 2.44. The monoisotopic (exact) mass is 610 g/mol. The van der Waals surface area contributed by atoms with Gasteiger partial charge in [0.1, 0.15) is 34.1 Å². The van der Waals surface area contributed by atoms with E-state index >= 15 is 0 Å². The van der Waals surface area contributed by atoms with Crippen LogP contribution < -0.4 is 18.9 Å². The fraction of sp³-hybridized carbons (Fsp3) is 0.364. The SMILES string of the molecule is COc1cccc(OC)c1C(=O)C(C(=O)c1c(OC)cccc1OC)C(C)(C)CC(C)CP=O.O=C(O)c1ccccc1. The summed E-state index contributed by atoms with van der Waals surface area (Å²) in [5.74, 6) is -1.58. The maximum Gasteiger partial charge on any atom is 0.335 e. The van der Waals surface area contributed by atoms with Crippen LogP contribution in [-0.2, 0) is 4.57 Å². The van der Waals surface area contributed by atoms with Crippen molar-refractivity contribution in [3.63, 3.8) is 0 Å². The molecule has 1 unspecified atom stereocenters. The van der Waals surface area contributed by atoms with Gasteiger partial charge in [-0.25, -0.2) is 4.79 Å². The van der Waals surface area contributed by atoms with Gasteiger partial charge in [-0.2, -0.15) is 0 Å². The topological polar surface area (TPSA) is 125 Å². The van der Waals surface area contributed by atoms with Crippen LogP contribution in [0.4, 0.5) is 0 Å². The maximum atomic E-state index is 14.2. The lowest BCUT2D eigenvalue weighted by molar-refractivity contribution is 0.0632. The molecule has 0 spiro atoms. The second-order valence-corrected chi connectivity index (χ2v) is 11.1. The van der Waals surface area contributed by atoms with E-state index in [1.54, 1.807) is 66.7 Å². The van der Waals surface area contributed by atoms with Gasteiger partial charge in [-0.1, -0.05) is 51.1 Å². The maximum absolute atomic E-state index is 14.2. The average Bonchev–Trinajstić information content (AvgIpc) is 3.00. The Bertz CT molecular complexity index is 1290. The quantitative estimate of drug-likeness (QED) is 0.115. The number of ether oxygens (including phenoxy) is 4. The Labute approximate surface area is 254 Å². The Balaban J connectivity index is 0.000000609. The molecule has 10 heteroatoms. The molecule has 0 radical (unpaired) electrons. The van der Waals surface area contributed by atoms with Crippen LogP contribution in [0.25, 0.3) is 0 Å². The highest BCUT2D eigenvalue weighted by Gasteiger charge is 2.45. The molecule has 9 nitrogen and oxygen atoms in total. The van der Waals surface area contributed by atoms with E-state index in [1.165, 1.54) is 28.4 Å². The van der Waals surface area contributed by atoms with Crippen molar-refractivity contribution in [3.05, 3.63) is 83.4 Å². The number of rotatable bonds is 14. The van der Waals surface area contributed by atoms with Crippen LogP contribution >= 0.6 is 8.46 Å². The molecule has 0 aliphatic heterocycles. The molecule has 0 aliphatic rings. The van der Waals surface area contributed by atoms with Crippen LogP contribution in [0, 0.1) is 17.3 Å². The third-order valence-corrected chi connectivity index (χ3v) is 7.71. The zero-order chi connectivity index (χ0) is 32.2. The molecular formula is C33H39O9P. The van der Waals surface area contributed by atoms with E-state index in [-0.39, 0.29) is 25.5 Å². The molecule has 0 saturated heterocycles. The van der Waals surface area contributed by atoms with Crippen LogP contribution in [0.1, 0.15) is 58.3 Å². The number of carboxylic acids is 1. The van der Waals surface area contributed by atoms with Crippen molar-refractivity contribution in [3.8, 4) is 23.0 Å². The summed E-state index contributed by atoms with van der Waals surface area (Å²) in [6.45, 7) is 5.69. The number of carboxylic acid groups (broad SMARTS) is 1. The summed E-state index contributed by atoms with van der Waals surface area (Å²) in [6, 6.07) is 18.4. The molecule has 0 fully saturated rings. The smallest absolute Gasteiger partial charge is 0.335 e. The van der Waals surface area contributed by atoms with Gasteiger partial charge in [0.05, 0.1) is 39.9 Å². The molecule has 0 saturated carbocycles. The summed E-state index contributed by atoms with van der Waals surface area (Å²) in [5, 5.41) is 8.38. The van der Waals surface area contributed by atoms with E-state index < -0.39 is 28.9 Å². The highest BCUT2D eigenvalue weighted by molar-refractivity contribution is 7.23. The third kappa shape index (κ3) is 8.88. The predicted octanol–water partition coefficient (Wildman–Crippen LogP) is 7.13. The number of methoxy groups -OCH3 is 4. The minimum absolute atomic E-state index is 0.0106. The number of hydrogen-bond acceptors (Lipinski definition) is 8. The van der Waals surface area contributed by atoms with Crippen molar-refractivity contribution in [1.29, 1.82) is 0 Å². The number of carbonyl (C=O) groups excluding carboxylic acids is 2. The van der Waals surface area contributed by atoms with Gasteiger partial charge in [-0.3, -0.25) is 14.2 Å². The minimum atomic E-state index is -1.12. The van der Waals surface area contributed by atoms with E-state index in [9.17, 15) is 18.9 Å². The van der Waals surface area contributed by atoms with Crippen molar-refractivity contribution >= 4 is 26.0 Å². The molecule has 0 heterocycles. The lowest BCUT2D eigenvalue weighted by atomic mass is 9.67. The zero-order valence-electron chi connectivity index (χ0n) is 25.6. The number of benzene rings is 3. The first kappa shape index (κ1) is 35.0. The van der Waals surface area contributed by atoms with Crippen molar-refractivity contribution in [2.24, 2.45) is 17.3 Å². The van der Waals surface area contributed by atoms with Crippen LogP contribution in [0.3, 0.4) is 0 Å². The first-order valence-electron chi connectivity index (χ1n) is 13.5. The van der Waals surface area contributed by atoms with Gasteiger partial charge in [-0.15, -0.1) is 0 Å². The van der Waals surface area contributed by atoms with Crippen molar-refractivity contribution in [2.75, 3.05) is 34.6 Å². The molecule has 0 bridgehead atoms. The van der Waals surface area contributed by atoms with Crippen LogP contribution in [-0.4, -0.2) is 57.2 Å². The van der Waals surface area contributed by atoms with Crippen molar-refractivity contribution in [1.82, 2.24) is 0 Å². The second kappa shape index (κ2) is 16.4. The standard InChI is InChI=1S/C26H33O7P.C7H6O2/c1-16(15-34-29)14-26(2,3)23(24(27)21-17(30-4)10-8-11-18(21)31-5)25(28)22-19(32-6)12-9-13-20(22)33-7;8-7(9)6-4-2-1-3-5-6/h8-13,16,23H,14-15H2,1-7H3;1-5H,(H,8,9). The zero-order valence-corrected chi connectivity index (χ0v) is 26.5.